The van der Waals surface area contributed by atoms with E-state index < -0.39 is 0 Å². The first-order valence-corrected chi connectivity index (χ1v) is 14.7. The maximum absolute atomic E-state index is 12.2. The van der Waals surface area contributed by atoms with Crippen molar-refractivity contribution in [2.45, 2.75) is 19.8 Å². The van der Waals surface area contributed by atoms with E-state index in [0.717, 1.165) is 48.3 Å². The minimum Gasteiger partial charge on any atom is -0.495 e. The van der Waals surface area contributed by atoms with E-state index in [-0.39, 0.29) is 12.2 Å². The van der Waals surface area contributed by atoms with Crippen molar-refractivity contribution < 1.29 is 14.3 Å². The Morgan fingerprint density at radius 1 is 1.16 bits per heavy atom. The van der Waals surface area contributed by atoms with E-state index in [1.807, 2.05) is 31.2 Å². The van der Waals surface area contributed by atoms with E-state index in [4.69, 9.17) is 42.6 Å². The third-order valence-electron chi connectivity index (χ3n) is 7.63. The number of fused-ring (bicyclic) bond motifs is 1. The standard InChI is InChI=1S/C32H34Cl2N6O3/c1-6-22(41)12-20-9-7-8-18(2)29(20)38-32-36-16-21-13-23(26-27(33)24(42-4)14-25(43-5)28(26)34)37-31(30(21)39-32)35-15-19-10-11-40(3)17-19/h6-9,13-14,16,19H,1,10-12,15,17H2,2-5H3,(H,35,37)(H,36,38,39). The minimum atomic E-state index is -0.0691. The van der Waals surface area contributed by atoms with Gasteiger partial charge in [-0.25, -0.2) is 15.0 Å². The van der Waals surface area contributed by atoms with Crippen LogP contribution in [0.4, 0.5) is 17.5 Å². The van der Waals surface area contributed by atoms with Crippen molar-refractivity contribution in [1.29, 1.82) is 0 Å². The van der Waals surface area contributed by atoms with Gasteiger partial charge >= 0.3 is 0 Å². The predicted octanol–water partition coefficient (Wildman–Crippen LogP) is 6.73. The van der Waals surface area contributed by atoms with Gasteiger partial charge in [-0.15, -0.1) is 0 Å². The van der Waals surface area contributed by atoms with E-state index in [9.17, 15) is 4.79 Å². The van der Waals surface area contributed by atoms with Crippen LogP contribution in [0.2, 0.25) is 10.0 Å². The monoisotopic (exact) mass is 620 g/mol. The smallest absolute Gasteiger partial charge is 0.227 e. The number of rotatable bonds is 11. The summed E-state index contributed by atoms with van der Waals surface area (Å²) in [4.78, 5) is 29.0. The van der Waals surface area contributed by atoms with Crippen molar-refractivity contribution in [2.24, 2.45) is 5.92 Å². The first kappa shape index (κ1) is 30.5. The molecule has 2 aromatic carbocycles. The first-order chi connectivity index (χ1) is 20.7. The quantitative estimate of drug-likeness (QED) is 0.177. The van der Waals surface area contributed by atoms with Crippen LogP contribution in [0.25, 0.3) is 22.2 Å². The summed E-state index contributed by atoms with van der Waals surface area (Å²) < 4.78 is 11.0. The Morgan fingerprint density at radius 2 is 1.91 bits per heavy atom. The first-order valence-electron chi connectivity index (χ1n) is 13.9. The summed E-state index contributed by atoms with van der Waals surface area (Å²) in [6.07, 6.45) is 4.38. The molecule has 2 N–H and O–H groups in total. The summed E-state index contributed by atoms with van der Waals surface area (Å²) in [7, 11) is 5.20. The number of aromatic nitrogens is 3. The summed E-state index contributed by atoms with van der Waals surface area (Å²) in [5.41, 5.74) is 4.23. The van der Waals surface area contributed by atoms with Gasteiger partial charge in [0.05, 0.1) is 30.0 Å². The Morgan fingerprint density at radius 3 is 2.56 bits per heavy atom. The molecule has 0 saturated carbocycles. The molecule has 5 rings (SSSR count). The Hall–Kier alpha value is -3.92. The zero-order chi connectivity index (χ0) is 30.7. The highest BCUT2D eigenvalue weighted by molar-refractivity contribution is 6.41. The highest BCUT2D eigenvalue weighted by atomic mass is 35.5. The van der Waals surface area contributed by atoms with Gasteiger partial charge in [0, 0.05) is 48.4 Å². The lowest BCUT2D eigenvalue weighted by atomic mass is 10.0. The van der Waals surface area contributed by atoms with E-state index in [1.54, 1.807) is 12.3 Å². The SMILES string of the molecule is C=CC(=O)Cc1cccc(C)c1Nc1ncc2cc(-c3c(Cl)c(OC)cc(OC)c3Cl)nc(NCC3CCN(C)C3)c2n1. The fourth-order valence-corrected chi connectivity index (χ4v) is 6.02. The Bertz CT molecular complexity index is 1670. The molecule has 0 radical (unpaired) electrons. The second-order valence-corrected chi connectivity index (χ2v) is 11.4. The average molecular weight is 622 g/mol. The zero-order valence-corrected chi connectivity index (χ0v) is 26.1. The van der Waals surface area contributed by atoms with Gasteiger partial charge in [-0.1, -0.05) is 48.0 Å². The van der Waals surface area contributed by atoms with Gasteiger partial charge in [-0.3, -0.25) is 4.79 Å². The molecule has 0 bridgehead atoms. The highest BCUT2D eigenvalue weighted by Crippen LogP contribution is 2.46. The van der Waals surface area contributed by atoms with Crippen LogP contribution in [0, 0.1) is 12.8 Å². The lowest BCUT2D eigenvalue weighted by molar-refractivity contribution is -0.114. The molecule has 0 spiro atoms. The van der Waals surface area contributed by atoms with Gasteiger partial charge in [-0.2, -0.15) is 0 Å². The molecule has 224 valence electrons. The van der Waals surface area contributed by atoms with Gasteiger partial charge in [0.15, 0.2) is 11.6 Å². The number of halogens is 2. The molecule has 1 aliphatic rings. The summed E-state index contributed by atoms with van der Waals surface area (Å²) in [6.45, 7) is 8.35. The fraction of sp³-hybridized carbons (Fsp3) is 0.312. The largest absolute Gasteiger partial charge is 0.495 e. The van der Waals surface area contributed by atoms with Crippen LogP contribution >= 0.6 is 23.2 Å². The number of carbonyl (C=O) groups is 1. The second kappa shape index (κ2) is 13.2. The molecule has 1 unspecified atom stereocenters. The topological polar surface area (TPSA) is 102 Å². The molecule has 1 atom stereocenters. The molecule has 0 aliphatic carbocycles. The number of nitrogens with one attached hydrogen (secondary N) is 2. The molecule has 43 heavy (non-hydrogen) atoms. The number of anilines is 3. The maximum atomic E-state index is 12.2. The van der Waals surface area contributed by atoms with E-state index in [1.165, 1.54) is 20.3 Å². The molecule has 0 amide bonds. The molecule has 1 fully saturated rings. The highest BCUT2D eigenvalue weighted by Gasteiger charge is 2.23. The van der Waals surface area contributed by atoms with Crippen molar-refractivity contribution in [2.75, 3.05) is 51.5 Å². The van der Waals surface area contributed by atoms with Crippen molar-refractivity contribution >= 4 is 57.3 Å². The minimum absolute atomic E-state index is 0.0691. The number of aryl methyl sites for hydroxylation is 1. The number of allylic oxidation sites excluding steroid dienone is 1. The number of nitrogens with zero attached hydrogens (tertiary/aromatic N) is 4. The number of ether oxygens (including phenoxy) is 2. The third kappa shape index (κ3) is 6.54. The zero-order valence-electron chi connectivity index (χ0n) is 24.6. The summed E-state index contributed by atoms with van der Waals surface area (Å²) in [5.74, 6) is 2.19. The number of hydrogen-bond acceptors (Lipinski definition) is 9. The van der Waals surface area contributed by atoms with Gasteiger partial charge in [0.25, 0.3) is 0 Å². The lowest BCUT2D eigenvalue weighted by Gasteiger charge is -2.18. The molecule has 2 aromatic heterocycles. The number of hydrogen-bond donors (Lipinski definition) is 2. The van der Waals surface area contributed by atoms with Crippen LogP contribution in [0.3, 0.4) is 0 Å². The van der Waals surface area contributed by atoms with Crippen molar-refractivity contribution in [1.82, 2.24) is 19.9 Å². The molecular formula is C32H34Cl2N6O3. The number of methoxy groups -OCH3 is 2. The number of likely N-dealkylation sites (tertiary alicyclic amines) is 1. The fourth-order valence-electron chi connectivity index (χ4n) is 5.32. The molecule has 1 saturated heterocycles. The summed E-state index contributed by atoms with van der Waals surface area (Å²) in [6, 6.07) is 9.30. The average Bonchev–Trinajstić information content (AvgIpc) is 3.42. The van der Waals surface area contributed by atoms with Gasteiger partial charge in [0.1, 0.15) is 17.0 Å². The lowest BCUT2D eigenvalue weighted by Crippen LogP contribution is -2.19. The molecule has 1 aliphatic heterocycles. The predicted molar refractivity (Wildman–Crippen MR) is 173 cm³/mol. The van der Waals surface area contributed by atoms with Gasteiger partial charge in [-0.05, 0) is 56.1 Å². The van der Waals surface area contributed by atoms with E-state index in [2.05, 4.69) is 34.1 Å². The number of pyridine rings is 1. The van der Waals surface area contributed by atoms with Crippen molar-refractivity contribution in [3.8, 4) is 22.8 Å². The van der Waals surface area contributed by atoms with Crippen LogP contribution in [0.15, 0.2) is 49.2 Å². The van der Waals surface area contributed by atoms with Crippen molar-refractivity contribution in [3.63, 3.8) is 0 Å². The van der Waals surface area contributed by atoms with Crippen LogP contribution in [0.1, 0.15) is 17.5 Å². The van der Waals surface area contributed by atoms with E-state index >= 15 is 0 Å². The Balaban J connectivity index is 1.60. The Labute approximate surface area is 261 Å². The second-order valence-electron chi connectivity index (χ2n) is 10.7. The molecule has 11 heteroatoms. The number of benzene rings is 2. The van der Waals surface area contributed by atoms with Gasteiger partial charge < -0.3 is 25.0 Å². The normalized spacial score (nSPS) is 15.0. The summed E-state index contributed by atoms with van der Waals surface area (Å²) in [5, 5.41) is 8.27. The Kier molecular flexibility index (Phi) is 9.34. The molecular weight excluding hydrogens is 587 g/mol. The number of carbonyl (C=O) groups excluding carboxylic acids is 1. The summed E-state index contributed by atoms with van der Waals surface area (Å²) >= 11 is 13.5. The van der Waals surface area contributed by atoms with Crippen LogP contribution in [-0.4, -0.2) is 66.5 Å². The van der Waals surface area contributed by atoms with Crippen molar-refractivity contribution in [3.05, 3.63) is 70.4 Å². The number of ketones is 1. The third-order valence-corrected chi connectivity index (χ3v) is 8.38. The van der Waals surface area contributed by atoms with E-state index in [0.29, 0.717) is 56.0 Å². The van der Waals surface area contributed by atoms with Crippen LogP contribution < -0.4 is 20.1 Å². The van der Waals surface area contributed by atoms with Crippen LogP contribution in [-0.2, 0) is 11.2 Å². The maximum Gasteiger partial charge on any atom is 0.227 e. The molecule has 3 heterocycles. The van der Waals surface area contributed by atoms with Gasteiger partial charge in [0.2, 0.25) is 5.95 Å². The molecule has 4 aromatic rings. The van der Waals surface area contributed by atoms with Crippen LogP contribution in [0.5, 0.6) is 11.5 Å². The molecule has 9 nitrogen and oxygen atoms in total. The number of para-hydroxylation sites is 1.